The van der Waals surface area contributed by atoms with Gasteiger partial charge in [0.05, 0.1) is 0 Å². The monoisotopic (exact) mass is 195 g/mol. The smallest absolute Gasteiger partial charge is 0.256 e. The predicted octanol–water partition coefficient (Wildman–Crippen LogP) is 1.74. The van der Waals surface area contributed by atoms with Crippen molar-refractivity contribution in [2.45, 2.75) is 33.1 Å². The standard InChI is InChI=1S/C11H17NO2/c1-4-5-6-8(2)9-7-10(13)12(3)11(9)14/h7-8H,4-6H2,1-3H3. The van der Waals surface area contributed by atoms with Gasteiger partial charge in [0, 0.05) is 18.7 Å². The summed E-state index contributed by atoms with van der Waals surface area (Å²) in [5.41, 5.74) is 0.672. The summed E-state index contributed by atoms with van der Waals surface area (Å²) in [7, 11) is 1.53. The van der Waals surface area contributed by atoms with Crippen LogP contribution in [-0.4, -0.2) is 23.8 Å². The molecule has 1 atom stereocenters. The Hall–Kier alpha value is -1.12. The Kier molecular flexibility index (Phi) is 3.44. The number of hydrogen-bond donors (Lipinski definition) is 0. The molecule has 78 valence electrons. The molecule has 1 heterocycles. The first-order chi connectivity index (χ1) is 6.57. The van der Waals surface area contributed by atoms with Gasteiger partial charge in [-0.2, -0.15) is 0 Å². The maximum absolute atomic E-state index is 11.6. The number of imide groups is 1. The number of carbonyl (C=O) groups is 2. The Morgan fingerprint density at radius 1 is 1.43 bits per heavy atom. The van der Waals surface area contributed by atoms with Gasteiger partial charge in [0.2, 0.25) is 0 Å². The van der Waals surface area contributed by atoms with Crippen molar-refractivity contribution in [1.29, 1.82) is 0 Å². The molecule has 0 N–H and O–H groups in total. The number of carbonyl (C=O) groups excluding carboxylic acids is 2. The number of hydrogen-bond acceptors (Lipinski definition) is 2. The summed E-state index contributed by atoms with van der Waals surface area (Å²) in [5.74, 6) is -0.108. The minimum Gasteiger partial charge on any atom is -0.278 e. The Morgan fingerprint density at radius 3 is 2.50 bits per heavy atom. The van der Waals surface area contributed by atoms with E-state index in [1.54, 1.807) is 0 Å². The molecule has 0 aromatic heterocycles. The van der Waals surface area contributed by atoms with E-state index in [1.807, 2.05) is 6.92 Å². The van der Waals surface area contributed by atoms with E-state index in [0.717, 1.165) is 19.3 Å². The molecule has 2 amide bonds. The zero-order chi connectivity index (χ0) is 10.7. The summed E-state index contributed by atoms with van der Waals surface area (Å²) in [5, 5.41) is 0. The highest BCUT2D eigenvalue weighted by atomic mass is 16.2. The molecule has 0 fully saturated rings. The maximum Gasteiger partial charge on any atom is 0.256 e. The Morgan fingerprint density at radius 2 is 2.07 bits per heavy atom. The van der Waals surface area contributed by atoms with Crippen molar-refractivity contribution >= 4 is 11.8 Å². The number of nitrogens with zero attached hydrogens (tertiary/aromatic N) is 1. The Balaban J connectivity index is 2.65. The fourth-order valence-electron chi connectivity index (χ4n) is 1.60. The van der Waals surface area contributed by atoms with Crippen LogP contribution in [0.2, 0.25) is 0 Å². The van der Waals surface area contributed by atoms with Gasteiger partial charge in [-0.1, -0.05) is 26.7 Å². The van der Waals surface area contributed by atoms with Crippen molar-refractivity contribution in [1.82, 2.24) is 4.90 Å². The second-order valence-electron chi connectivity index (χ2n) is 3.85. The fourth-order valence-corrected chi connectivity index (χ4v) is 1.60. The van der Waals surface area contributed by atoms with Gasteiger partial charge in [-0.15, -0.1) is 0 Å². The number of rotatable bonds is 4. The van der Waals surface area contributed by atoms with E-state index in [0.29, 0.717) is 5.57 Å². The van der Waals surface area contributed by atoms with Crippen LogP contribution in [0, 0.1) is 5.92 Å². The van der Waals surface area contributed by atoms with Gasteiger partial charge in [0.25, 0.3) is 11.8 Å². The molecule has 0 saturated carbocycles. The van der Waals surface area contributed by atoms with Gasteiger partial charge in [-0.3, -0.25) is 14.5 Å². The van der Waals surface area contributed by atoms with Crippen molar-refractivity contribution in [3.63, 3.8) is 0 Å². The van der Waals surface area contributed by atoms with Gasteiger partial charge < -0.3 is 0 Å². The van der Waals surface area contributed by atoms with E-state index >= 15 is 0 Å². The van der Waals surface area contributed by atoms with Gasteiger partial charge in [-0.05, 0) is 12.3 Å². The zero-order valence-corrected chi connectivity index (χ0v) is 9.04. The molecule has 0 aliphatic carbocycles. The summed E-state index contributed by atoms with van der Waals surface area (Å²) in [6.45, 7) is 4.13. The average molecular weight is 195 g/mol. The molecule has 3 nitrogen and oxygen atoms in total. The van der Waals surface area contributed by atoms with Crippen molar-refractivity contribution in [3.05, 3.63) is 11.6 Å². The van der Waals surface area contributed by atoms with E-state index in [1.165, 1.54) is 18.0 Å². The van der Waals surface area contributed by atoms with Gasteiger partial charge in [0.1, 0.15) is 0 Å². The topological polar surface area (TPSA) is 37.4 Å². The number of likely N-dealkylation sites (N-methyl/N-ethyl adjacent to an activating group) is 1. The Labute approximate surface area is 84.8 Å². The first kappa shape index (κ1) is 11.0. The molecule has 0 bridgehead atoms. The van der Waals surface area contributed by atoms with Crippen molar-refractivity contribution in [2.75, 3.05) is 7.05 Å². The van der Waals surface area contributed by atoms with E-state index in [-0.39, 0.29) is 17.7 Å². The van der Waals surface area contributed by atoms with E-state index in [9.17, 15) is 9.59 Å². The highest BCUT2D eigenvalue weighted by Gasteiger charge is 2.30. The minimum absolute atomic E-state index is 0.126. The van der Waals surface area contributed by atoms with Crippen LogP contribution in [0.4, 0.5) is 0 Å². The average Bonchev–Trinajstić information content (AvgIpc) is 2.42. The van der Waals surface area contributed by atoms with Crippen LogP contribution in [0.25, 0.3) is 0 Å². The third-order valence-electron chi connectivity index (χ3n) is 2.68. The van der Waals surface area contributed by atoms with E-state index < -0.39 is 0 Å². The largest absolute Gasteiger partial charge is 0.278 e. The maximum atomic E-state index is 11.6. The highest BCUT2D eigenvalue weighted by Crippen LogP contribution is 2.23. The minimum atomic E-state index is -0.187. The van der Waals surface area contributed by atoms with Crippen LogP contribution < -0.4 is 0 Å². The molecule has 1 rings (SSSR count). The lowest BCUT2D eigenvalue weighted by Crippen LogP contribution is -2.27. The highest BCUT2D eigenvalue weighted by molar-refractivity contribution is 6.16. The molecule has 0 spiro atoms. The van der Waals surface area contributed by atoms with Crippen molar-refractivity contribution in [2.24, 2.45) is 5.92 Å². The third-order valence-corrected chi connectivity index (χ3v) is 2.68. The summed E-state index contributed by atoms with van der Waals surface area (Å²) < 4.78 is 0. The molecule has 0 radical (unpaired) electrons. The lowest BCUT2D eigenvalue weighted by atomic mass is 9.95. The molecule has 1 aliphatic rings. The molecule has 1 aliphatic heterocycles. The SMILES string of the molecule is CCCCC(C)C1=CC(=O)N(C)C1=O. The van der Waals surface area contributed by atoms with E-state index in [4.69, 9.17) is 0 Å². The Bertz CT molecular complexity index is 281. The van der Waals surface area contributed by atoms with Crippen molar-refractivity contribution in [3.8, 4) is 0 Å². The van der Waals surface area contributed by atoms with Gasteiger partial charge in [-0.25, -0.2) is 0 Å². The predicted molar refractivity (Wildman–Crippen MR) is 54.5 cm³/mol. The van der Waals surface area contributed by atoms with E-state index in [2.05, 4.69) is 6.92 Å². The molecule has 0 aromatic carbocycles. The van der Waals surface area contributed by atoms with Crippen molar-refractivity contribution < 1.29 is 9.59 Å². The molecule has 3 heteroatoms. The fraction of sp³-hybridized carbons (Fsp3) is 0.636. The second kappa shape index (κ2) is 4.40. The quantitative estimate of drug-likeness (QED) is 0.641. The van der Waals surface area contributed by atoms with Gasteiger partial charge >= 0.3 is 0 Å². The van der Waals surface area contributed by atoms with Crippen LogP contribution in [0.5, 0.6) is 0 Å². The molecule has 1 unspecified atom stereocenters. The number of amides is 2. The normalized spacial score (nSPS) is 18.8. The molecule has 0 saturated heterocycles. The first-order valence-electron chi connectivity index (χ1n) is 5.11. The lowest BCUT2D eigenvalue weighted by molar-refractivity contribution is -0.135. The summed E-state index contributed by atoms with van der Waals surface area (Å²) in [6, 6.07) is 0. The van der Waals surface area contributed by atoms with Crippen LogP contribution in [0.1, 0.15) is 33.1 Å². The summed E-state index contributed by atoms with van der Waals surface area (Å²) in [6.07, 6.45) is 4.68. The summed E-state index contributed by atoms with van der Waals surface area (Å²) in [4.78, 5) is 23.9. The first-order valence-corrected chi connectivity index (χ1v) is 5.11. The van der Waals surface area contributed by atoms with Gasteiger partial charge in [0.15, 0.2) is 0 Å². The zero-order valence-electron chi connectivity index (χ0n) is 9.04. The molecule has 0 aromatic rings. The summed E-state index contributed by atoms with van der Waals surface area (Å²) >= 11 is 0. The molecule has 14 heavy (non-hydrogen) atoms. The second-order valence-corrected chi connectivity index (χ2v) is 3.85. The van der Waals surface area contributed by atoms with Crippen LogP contribution in [0.3, 0.4) is 0 Å². The van der Waals surface area contributed by atoms with Crippen LogP contribution >= 0.6 is 0 Å². The molecular weight excluding hydrogens is 178 g/mol. The number of unbranched alkanes of at least 4 members (excludes halogenated alkanes) is 1. The molecular formula is C11H17NO2. The lowest BCUT2D eigenvalue weighted by Gasteiger charge is -2.12. The third kappa shape index (κ3) is 2.03. The van der Waals surface area contributed by atoms with Crippen LogP contribution in [-0.2, 0) is 9.59 Å². The van der Waals surface area contributed by atoms with Crippen LogP contribution in [0.15, 0.2) is 11.6 Å².